The van der Waals surface area contributed by atoms with Gasteiger partial charge in [0.05, 0.1) is 0 Å². The number of hydrogen-bond donors (Lipinski definition) is 1. The summed E-state index contributed by atoms with van der Waals surface area (Å²) in [6.07, 6.45) is 4.62. The molecule has 0 saturated heterocycles. The van der Waals surface area contributed by atoms with Crippen LogP contribution < -0.4 is 5.32 Å². The topological polar surface area (TPSA) is 76.7 Å². The van der Waals surface area contributed by atoms with Gasteiger partial charge in [0, 0.05) is 0 Å². The zero-order valence-corrected chi connectivity index (χ0v) is 11.2. The number of hydrogen-bond acceptors (Lipinski definition) is 3. The molecule has 2 aliphatic rings. The zero-order valence-electron chi connectivity index (χ0n) is 9.36. The molecule has 1 spiro atoms. The monoisotopic (exact) mass is 295 g/mol. The molecule has 88 valence electrons. The van der Waals surface area contributed by atoms with Crippen molar-refractivity contribution in [3.05, 3.63) is 10.2 Å². The van der Waals surface area contributed by atoms with Gasteiger partial charge in [-0.05, 0) is 0 Å². The van der Waals surface area contributed by atoms with Crippen LogP contribution in [-0.2, 0) is 4.79 Å². The number of allylic oxidation sites excluding steroid dienone is 1. The Morgan fingerprint density at radius 3 is 2.47 bits per heavy atom. The van der Waals surface area contributed by atoms with E-state index in [9.17, 15) is 15.3 Å². The molecule has 2 rings (SSSR count). The summed E-state index contributed by atoms with van der Waals surface area (Å²) in [5.41, 5.74) is 0.0511. The molecular formula is C12H13N3OSe. The third-order valence-corrected chi connectivity index (χ3v) is 4.48. The van der Waals surface area contributed by atoms with E-state index in [-0.39, 0.29) is 5.91 Å². The molecule has 1 fully saturated rings. The third-order valence-electron chi connectivity index (χ3n) is 3.78. The molecule has 5 heteroatoms. The Hall–Kier alpha value is -1.29. The quantitative estimate of drug-likeness (QED) is 0.673. The van der Waals surface area contributed by atoms with E-state index in [0.717, 1.165) is 32.1 Å². The summed E-state index contributed by atoms with van der Waals surface area (Å²) < 4.78 is 0.568. The van der Waals surface area contributed by atoms with Crippen molar-refractivity contribution in [2.75, 3.05) is 0 Å². The predicted octanol–water partition coefficient (Wildman–Crippen LogP) is 0.842. The summed E-state index contributed by atoms with van der Waals surface area (Å²) in [7, 11) is 0. The van der Waals surface area contributed by atoms with Crippen molar-refractivity contribution in [2.24, 2.45) is 11.3 Å². The SMILES string of the molecule is N#CC1=C([SeH])NC(=O)C(C#N)C12CCCCC2. The number of nitrogens with one attached hydrogen (secondary N) is 1. The Morgan fingerprint density at radius 2 is 1.94 bits per heavy atom. The maximum atomic E-state index is 11.9. The minimum absolute atomic E-state index is 0.260. The average molecular weight is 294 g/mol. The normalized spacial score (nSPS) is 27.2. The van der Waals surface area contributed by atoms with Gasteiger partial charge in [-0.1, -0.05) is 0 Å². The van der Waals surface area contributed by atoms with Crippen LogP contribution in [0.15, 0.2) is 10.2 Å². The molecule has 1 N–H and O–H groups in total. The fourth-order valence-corrected chi connectivity index (χ4v) is 3.75. The summed E-state index contributed by atoms with van der Waals surface area (Å²) in [5, 5.41) is 21.2. The van der Waals surface area contributed by atoms with Gasteiger partial charge in [0.1, 0.15) is 0 Å². The molecule has 4 nitrogen and oxygen atoms in total. The molecule has 1 atom stereocenters. The fourth-order valence-electron chi connectivity index (χ4n) is 2.95. The van der Waals surface area contributed by atoms with Gasteiger partial charge >= 0.3 is 108 Å². The average Bonchev–Trinajstić information content (AvgIpc) is 2.30. The van der Waals surface area contributed by atoms with Gasteiger partial charge in [-0.25, -0.2) is 0 Å². The first-order chi connectivity index (χ1) is 8.15. The molecule has 1 heterocycles. The number of carbonyl (C=O) groups is 1. The molecule has 0 radical (unpaired) electrons. The van der Waals surface area contributed by atoms with Crippen LogP contribution in [0.3, 0.4) is 0 Å². The molecule has 0 aromatic rings. The molecule has 1 aliphatic carbocycles. The molecule has 0 bridgehead atoms. The first-order valence-corrected chi connectivity index (χ1v) is 6.64. The van der Waals surface area contributed by atoms with Crippen LogP contribution in [0.4, 0.5) is 0 Å². The second kappa shape index (κ2) is 4.53. The van der Waals surface area contributed by atoms with Crippen molar-refractivity contribution in [3.8, 4) is 12.1 Å². The van der Waals surface area contributed by atoms with Gasteiger partial charge in [0.15, 0.2) is 0 Å². The summed E-state index contributed by atoms with van der Waals surface area (Å²) in [5.74, 6) is -0.977. The van der Waals surface area contributed by atoms with Gasteiger partial charge < -0.3 is 0 Å². The van der Waals surface area contributed by atoms with Gasteiger partial charge in [0.25, 0.3) is 0 Å². The third kappa shape index (κ3) is 1.76. The molecule has 1 aliphatic heterocycles. The number of amides is 1. The molecule has 1 saturated carbocycles. The first-order valence-electron chi connectivity index (χ1n) is 5.70. The van der Waals surface area contributed by atoms with E-state index in [2.05, 4.69) is 33.5 Å². The van der Waals surface area contributed by atoms with E-state index in [4.69, 9.17) is 0 Å². The van der Waals surface area contributed by atoms with Gasteiger partial charge in [-0.3, -0.25) is 0 Å². The summed E-state index contributed by atoms with van der Waals surface area (Å²) >= 11 is 2.25. The Bertz CT molecular complexity index is 463. The van der Waals surface area contributed by atoms with E-state index >= 15 is 0 Å². The number of rotatable bonds is 0. The van der Waals surface area contributed by atoms with Crippen LogP contribution >= 0.6 is 0 Å². The Morgan fingerprint density at radius 1 is 1.29 bits per heavy atom. The molecule has 1 amide bonds. The zero-order chi connectivity index (χ0) is 12.5. The Balaban J connectivity index is 2.55. The Labute approximate surface area is 108 Å². The van der Waals surface area contributed by atoms with Gasteiger partial charge in [0.2, 0.25) is 0 Å². The van der Waals surface area contributed by atoms with E-state index in [1.165, 1.54) is 0 Å². The van der Waals surface area contributed by atoms with Crippen molar-refractivity contribution in [1.29, 1.82) is 10.5 Å². The minimum atomic E-state index is -0.717. The van der Waals surface area contributed by atoms with Crippen molar-refractivity contribution in [3.63, 3.8) is 0 Å². The molecule has 17 heavy (non-hydrogen) atoms. The number of nitrogens with zero attached hydrogens (tertiary/aromatic N) is 2. The second-order valence-corrected chi connectivity index (χ2v) is 5.54. The summed E-state index contributed by atoms with van der Waals surface area (Å²) in [4.78, 5) is 11.9. The van der Waals surface area contributed by atoms with Crippen LogP contribution in [0.5, 0.6) is 0 Å². The Kier molecular flexibility index (Phi) is 3.24. The summed E-state index contributed by atoms with van der Waals surface area (Å²) in [6, 6.07) is 4.29. The van der Waals surface area contributed by atoms with Crippen LogP contribution in [0.1, 0.15) is 32.1 Å². The number of nitriles is 2. The second-order valence-electron chi connectivity index (χ2n) is 4.60. The van der Waals surface area contributed by atoms with Crippen molar-refractivity contribution < 1.29 is 4.79 Å². The van der Waals surface area contributed by atoms with E-state index in [1.807, 2.05) is 0 Å². The van der Waals surface area contributed by atoms with Crippen molar-refractivity contribution in [2.45, 2.75) is 32.1 Å². The van der Waals surface area contributed by atoms with E-state index in [0.29, 0.717) is 10.2 Å². The van der Waals surface area contributed by atoms with Crippen LogP contribution in [-0.4, -0.2) is 21.9 Å². The molecule has 0 aromatic carbocycles. The first kappa shape index (κ1) is 12.2. The van der Waals surface area contributed by atoms with Crippen LogP contribution in [0.2, 0.25) is 0 Å². The van der Waals surface area contributed by atoms with Crippen LogP contribution in [0, 0.1) is 34.0 Å². The molecule has 1 unspecified atom stereocenters. The van der Waals surface area contributed by atoms with Crippen molar-refractivity contribution >= 4 is 21.9 Å². The predicted molar refractivity (Wildman–Crippen MR) is 62.6 cm³/mol. The van der Waals surface area contributed by atoms with Crippen molar-refractivity contribution in [1.82, 2.24) is 5.32 Å². The van der Waals surface area contributed by atoms with Gasteiger partial charge in [-0.2, -0.15) is 0 Å². The van der Waals surface area contributed by atoms with Gasteiger partial charge in [-0.15, -0.1) is 0 Å². The maximum absolute atomic E-state index is 11.9. The standard InChI is InChI=1S/C12H13N3OSe/c13-6-8-10(16)15-11(17)9(7-14)12(8)4-2-1-3-5-12/h8,17H,1-5H2,(H,15,16). The number of carbonyl (C=O) groups excluding carboxylic acids is 1. The molecular weight excluding hydrogens is 281 g/mol. The molecule has 0 aromatic heterocycles. The van der Waals surface area contributed by atoms with E-state index in [1.54, 1.807) is 0 Å². The van der Waals surface area contributed by atoms with Crippen LogP contribution in [0.25, 0.3) is 0 Å². The van der Waals surface area contributed by atoms with E-state index < -0.39 is 11.3 Å². The fraction of sp³-hybridized carbons (Fsp3) is 0.583. The summed E-state index contributed by atoms with van der Waals surface area (Å²) in [6.45, 7) is 0.